The monoisotopic (exact) mass is 502 g/mol. The van der Waals surface area contributed by atoms with Crippen LogP contribution >= 0.6 is 0 Å². The summed E-state index contributed by atoms with van der Waals surface area (Å²) in [6.07, 6.45) is -4.05. The summed E-state index contributed by atoms with van der Waals surface area (Å²) in [5.41, 5.74) is 1.61. The Kier molecular flexibility index (Phi) is 6.91. The number of alkyl halides is 3. The number of methoxy groups -OCH3 is 1. The minimum absolute atomic E-state index is 0.0682. The van der Waals surface area contributed by atoms with E-state index >= 15 is 0 Å². The van der Waals surface area contributed by atoms with E-state index in [1.54, 1.807) is 23.1 Å². The number of anilines is 1. The number of halogens is 3. The second-order valence-corrected chi connectivity index (χ2v) is 8.35. The smallest absolute Gasteiger partial charge is 0.416 e. The first-order valence-electron chi connectivity index (χ1n) is 11.2. The van der Waals surface area contributed by atoms with Crippen LogP contribution in [-0.4, -0.2) is 41.3 Å². The van der Waals surface area contributed by atoms with Gasteiger partial charge < -0.3 is 19.8 Å². The molecule has 4 rings (SSSR count). The van der Waals surface area contributed by atoms with Gasteiger partial charge >= 0.3 is 6.18 Å². The van der Waals surface area contributed by atoms with Gasteiger partial charge in [-0.2, -0.15) is 13.2 Å². The Balaban J connectivity index is 1.53. The molecule has 0 spiro atoms. The molecule has 0 saturated carbocycles. The fraction of sp³-hybridized carbons (Fsp3) is 0.320. The van der Waals surface area contributed by atoms with Crippen molar-refractivity contribution in [2.75, 3.05) is 26.1 Å². The maximum atomic E-state index is 13.2. The molecular formula is C25H25F3N4O4. The molecule has 1 aliphatic heterocycles. The van der Waals surface area contributed by atoms with Crippen molar-refractivity contribution in [2.24, 2.45) is 0 Å². The van der Waals surface area contributed by atoms with Crippen LogP contribution in [-0.2, 0) is 25.7 Å². The molecule has 1 amide bonds. The molecule has 0 unspecified atom stereocenters. The van der Waals surface area contributed by atoms with E-state index in [4.69, 9.17) is 9.57 Å². The zero-order chi connectivity index (χ0) is 26.0. The van der Waals surface area contributed by atoms with Gasteiger partial charge in [-0.15, -0.1) is 4.73 Å². The van der Waals surface area contributed by atoms with E-state index in [0.29, 0.717) is 41.1 Å². The summed E-state index contributed by atoms with van der Waals surface area (Å²) < 4.78 is 44.7. The fourth-order valence-electron chi connectivity index (χ4n) is 4.04. The van der Waals surface area contributed by atoms with Crippen LogP contribution in [0.3, 0.4) is 0 Å². The first kappa shape index (κ1) is 25.1. The highest BCUT2D eigenvalue weighted by Gasteiger charge is 2.30. The number of carbonyl (C=O) groups is 1. The quantitative estimate of drug-likeness (QED) is 0.556. The second kappa shape index (κ2) is 9.92. The summed E-state index contributed by atoms with van der Waals surface area (Å²) in [7, 11) is 2.85. The number of nitrogens with zero attached hydrogens (tertiary/aromatic N) is 3. The number of aromatic nitrogens is 2. The minimum atomic E-state index is -4.41. The van der Waals surface area contributed by atoms with Crippen molar-refractivity contribution in [2.45, 2.75) is 32.6 Å². The van der Waals surface area contributed by atoms with Crippen LogP contribution < -0.4 is 20.5 Å². The molecule has 1 aromatic heterocycles. The average Bonchev–Trinajstić information content (AvgIpc) is 2.87. The lowest BCUT2D eigenvalue weighted by atomic mass is 10.0. The van der Waals surface area contributed by atoms with E-state index in [1.165, 1.54) is 26.4 Å². The number of carbonyl (C=O) groups excluding carboxylic acids is 1. The molecule has 1 aliphatic rings. The Morgan fingerprint density at radius 2 is 1.86 bits per heavy atom. The van der Waals surface area contributed by atoms with Crippen molar-refractivity contribution >= 4 is 11.9 Å². The molecule has 2 heterocycles. The molecule has 0 saturated heterocycles. The van der Waals surface area contributed by atoms with Crippen LogP contribution in [0.15, 0.2) is 47.3 Å². The number of hydrogen-bond acceptors (Lipinski definition) is 6. The van der Waals surface area contributed by atoms with Gasteiger partial charge in [-0.05, 0) is 42.3 Å². The highest BCUT2D eigenvalue weighted by atomic mass is 19.4. The first-order valence-corrected chi connectivity index (χ1v) is 11.2. The van der Waals surface area contributed by atoms with E-state index in [0.717, 1.165) is 22.4 Å². The molecule has 8 nitrogen and oxygen atoms in total. The molecular weight excluding hydrogens is 477 g/mol. The van der Waals surface area contributed by atoms with Gasteiger partial charge in [0, 0.05) is 25.1 Å². The second-order valence-electron chi connectivity index (χ2n) is 8.35. The van der Waals surface area contributed by atoms with Crippen molar-refractivity contribution in [1.29, 1.82) is 0 Å². The average molecular weight is 502 g/mol. The molecule has 190 valence electrons. The van der Waals surface area contributed by atoms with E-state index in [-0.39, 0.29) is 24.9 Å². The Morgan fingerprint density at radius 3 is 2.50 bits per heavy atom. The Hall–Kier alpha value is -4.02. The third kappa shape index (κ3) is 5.00. The lowest BCUT2D eigenvalue weighted by molar-refractivity contribution is -0.137. The van der Waals surface area contributed by atoms with Gasteiger partial charge in [0.25, 0.3) is 11.5 Å². The predicted octanol–water partition coefficient (Wildman–Crippen LogP) is 3.45. The number of aryl methyl sites for hydroxylation is 1. The number of fused-ring (bicyclic) bond motifs is 1. The summed E-state index contributed by atoms with van der Waals surface area (Å²) in [5, 5.41) is 2.96. The maximum Gasteiger partial charge on any atom is 0.416 e. The Labute approximate surface area is 205 Å². The molecule has 11 heteroatoms. The highest BCUT2D eigenvalue weighted by Crippen LogP contribution is 2.29. The lowest BCUT2D eigenvalue weighted by Crippen LogP contribution is -2.42. The van der Waals surface area contributed by atoms with Gasteiger partial charge in [0.1, 0.15) is 12.9 Å². The summed E-state index contributed by atoms with van der Waals surface area (Å²) in [6, 6.07) is 9.90. The van der Waals surface area contributed by atoms with Crippen LogP contribution in [0, 0.1) is 6.92 Å². The summed E-state index contributed by atoms with van der Waals surface area (Å²) in [4.78, 5) is 37.6. The number of nitrogens with one attached hydrogen (secondary N) is 1. The number of ether oxygens (including phenoxy) is 1. The van der Waals surface area contributed by atoms with Gasteiger partial charge in [-0.3, -0.25) is 9.59 Å². The maximum absolute atomic E-state index is 13.2. The topological polar surface area (TPSA) is 85.7 Å². The van der Waals surface area contributed by atoms with Crippen molar-refractivity contribution in [3.05, 3.63) is 86.3 Å². The van der Waals surface area contributed by atoms with E-state index in [9.17, 15) is 22.8 Å². The van der Waals surface area contributed by atoms with Gasteiger partial charge in [-0.1, -0.05) is 18.2 Å². The van der Waals surface area contributed by atoms with Crippen molar-refractivity contribution < 1.29 is 27.5 Å². The standard InChI is InChI=1S/C25H25F3N4O4/c1-15-4-7-17(12-21(15)35-2)22(33)31-11-10-20-19(14-31)23(34)32(36-3)24(30-20)29-13-16-5-8-18(9-6-16)25(26,27)28/h4-9,12H,10-11,13-14H2,1-3H3,(H,29,30). The largest absolute Gasteiger partial charge is 0.496 e. The minimum Gasteiger partial charge on any atom is -0.496 e. The van der Waals surface area contributed by atoms with E-state index in [1.807, 2.05) is 6.92 Å². The van der Waals surface area contributed by atoms with E-state index < -0.39 is 17.3 Å². The van der Waals surface area contributed by atoms with Gasteiger partial charge in [-0.25, -0.2) is 4.98 Å². The molecule has 2 aromatic carbocycles. The third-order valence-electron chi connectivity index (χ3n) is 6.05. The number of rotatable bonds is 6. The summed E-state index contributed by atoms with van der Waals surface area (Å²) in [6.45, 7) is 2.45. The highest BCUT2D eigenvalue weighted by molar-refractivity contribution is 5.94. The van der Waals surface area contributed by atoms with Crippen LogP contribution in [0.4, 0.5) is 19.1 Å². The first-order chi connectivity index (χ1) is 17.1. The Bertz CT molecular complexity index is 1340. The van der Waals surface area contributed by atoms with Crippen LogP contribution in [0.2, 0.25) is 0 Å². The van der Waals surface area contributed by atoms with Gasteiger partial charge in [0.2, 0.25) is 5.95 Å². The zero-order valence-corrected chi connectivity index (χ0v) is 20.0. The normalized spacial score (nSPS) is 13.2. The van der Waals surface area contributed by atoms with Crippen LogP contribution in [0.5, 0.6) is 5.75 Å². The number of amides is 1. The van der Waals surface area contributed by atoms with Crippen LogP contribution in [0.25, 0.3) is 0 Å². The molecule has 1 N–H and O–H groups in total. The SMILES string of the molecule is COc1cc(C(=O)N2CCc3nc(NCc4ccc(C(F)(F)F)cc4)n(OC)c(=O)c3C2)ccc1C. The molecule has 0 bridgehead atoms. The van der Waals surface area contributed by atoms with E-state index in [2.05, 4.69) is 10.3 Å². The number of hydrogen-bond donors (Lipinski definition) is 1. The molecule has 0 fully saturated rings. The number of benzene rings is 2. The van der Waals surface area contributed by atoms with Gasteiger partial charge in [0.15, 0.2) is 0 Å². The van der Waals surface area contributed by atoms with Crippen molar-refractivity contribution in [3.63, 3.8) is 0 Å². The summed E-state index contributed by atoms with van der Waals surface area (Å²) >= 11 is 0. The molecule has 0 radical (unpaired) electrons. The van der Waals surface area contributed by atoms with Crippen molar-refractivity contribution in [1.82, 2.24) is 14.6 Å². The van der Waals surface area contributed by atoms with Gasteiger partial charge in [0.05, 0.1) is 30.5 Å². The molecule has 0 aliphatic carbocycles. The fourth-order valence-corrected chi connectivity index (χ4v) is 4.04. The van der Waals surface area contributed by atoms with Crippen LogP contribution in [0.1, 0.15) is 38.3 Å². The molecule has 3 aromatic rings. The Morgan fingerprint density at radius 1 is 1.14 bits per heavy atom. The summed E-state index contributed by atoms with van der Waals surface area (Å²) in [5.74, 6) is 0.501. The van der Waals surface area contributed by atoms with Crippen molar-refractivity contribution in [3.8, 4) is 5.75 Å². The lowest BCUT2D eigenvalue weighted by Gasteiger charge is -2.29. The third-order valence-corrected chi connectivity index (χ3v) is 6.05. The molecule has 0 atom stereocenters. The zero-order valence-electron chi connectivity index (χ0n) is 20.0. The molecule has 36 heavy (non-hydrogen) atoms. The predicted molar refractivity (Wildman–Crippen MR) is 126 cm³/mol.